The van der Waals surface area contributed by atoms with Gasteiger partial charge in [0.25, 0.3) is 0 Å². The normalized spacial score (nSPS) is 18.8. The number of primary amides is 2. The van der Waals surface area contributed by atoms with Gasteiger partial charge in [0.2, 0.25) is 11.8 Å². The number of carbonyl (C=O) groups is 4. The van der Waals surface area contributed by atoms with Crippen LogP contribution in [0.3, 0.4) is 0 Å². The highest BCUT2D eigenvalue weighted by Crippen LogP contribution is 2.48. The van der Waals surface area contributed by atoms with Crippen LogP contribution in [0.25, 0.3) is 111 Å². The standard InChI is InChI=1S/C24H26N6O.C22H24BrN7O.C22H21N7O.C19H16ClN5O2/c25-22-21-20(18-12-16-2-1-3-17(13-4-5-13)19(16)28-18)29-24(30(21)11-10-27-22)15-8-6-14(7-9-15)23(26)31;1-28(2)22(31)29-9-6-13(7-10-29)21-27-18(19-20(24)25-8-11-30(19)21)16-12-14-4-3-5-15(23)17(14)26-16;23-11-15-3-1-2-14-10-16(27-17(14)15)18-19-20(24)26-8-9-29(19)22(28-18)13-6-4-12(5-7-13)21(25)30;20-12-3-1-2-9-8-13(23-14(9)12)15-16-17(21)22-4-5-25(16)18(24-15)10-6-11(7-10)19(26)27/h1-3,10-15,28H,4-9H2,(H2,25,27)(H2,26,31);3-5,8,11-13,26H,6-7,9-10H2,1-2H3,(H2,24,25);1-3,8-10,12-13,27H,4-7H2,(H2,24,26)(H2,25,30);1-5,8,10-11,23H,6-7H2,(H2,21,22)(H,26,27). The number of amides is 4. The zero-order chi connectivity index (χ0) is 82.3. The summed E-state index contributed by atoms with van der Waals surface area (Å²) in [4.78, 5) is 101. The summed E-state index contributed by atoms with van der Waals surface area (Å²) in [6, 6.07) is 34.4. The Bertz CT molecular complexity index is 6720. The van der Waals surface area contributed by atoms with Crippen LogP contribution in [0.2, 0.25) is 5.02 Å². The van der Waals surface area contributed by atoms with E-state index in [4.69, 9.17) is 65.9 Å². The number of fused-ring (bicyclic) bond motifs is 8. The molecule has 1 aliphatic heterocycles. The molecule has 4 aromatic carbocycles. The van der Waals surface area contributed by atoms with Crippen molar-refractivity contribution in [3.05, 3.63) is 191 Å². The lowest BCUT2D eigenvalue weighted by Gasteiger charge is -2.33. The number of halogens is 2. The van der Waals surface area contributed by atoms with E-state index in [0.29, 0.717) is 82.6 Å². The Labute approximate surface area is 693 Å². The SMILES string of the molecule is CN(C)C(=O)N1CCC(c2nc(-c3cc4cccc(Br)c4[nH]3)c3c(N)nccn23)CC1.N#Cc1cccc2cc(-c3nc(C4CCC(C(N)=O)CC4)n4ccnc(N)c34)[nH]c12.NC(=O)C1CCC(c2nc(-c3cc4cccc(C5CC5)c4[nH]3)c3c(N)nccn23)CC1.Nc1nccn2c(C3CC(C(=O)O)C3)nc(-c3cc4cccc(Cl)c4[nH]3)c12. The van der Waals surface area contributed by atoms with E-state index in [2.05, 4.69) is 107 Å². The van der Waals surface area contributed by atoms with Crippen molar-refractivity contribution in [3.63, 3.8) is 0 Å². The van der Waals surface area contributed by atoms with Gasteiger partial charge in [-0.15, -0.1) is 0 Å². The second kappa shape index (κ2) is 31.3. The fraction of sp³-hybridized carbons (Fsp3) is 0.299. The molecule has 0 radical (unpaired) electrons. The average molecular weight is 1680 g/mol. The fourth-order valence-electron chi connectivity index (χ4n) is 18.1. The lowest BCUT2D eigenvalue weighted by atomic mass is 9.74. The van der Waals surface area contributed by atoms with E-state index in [1.807, 2.05) is 93.1 Å². The van der Waals surface area contributed by atoms with Crippen LogP contribution in [0, 0.1) is 29.1 Å². The summed E-state index contributed by atoms with van der Waals surface area (Å²) in [5, 5.41) is 23.4. The zero-order valence-corrected chi connectivity index (χ0v) is 67.6. The summed E-state index contributed by atoms with van der Waals surface area (Å²) in [5.74, 6) is 5.31. The number of hydrogen-bond acceptors (Lipinski definition) is 17. The Morgan fingerprint density at radius 2 is 0.832 bits per heavy atom. The molecule has 17 N–H and O–H groups in total. The second-order valence-electron chi connectivity index (χ2n) is 32.0. The molecule has 32 heteroatoms. The predicted molar refractivity (Wildman–Crippen MR) is 462 cm³/mol. The molecular weight excluding hydrogens is 1590 g/mol. The third-order valence-corrected chi connectivity index (χ3v) is 25.5. The molecule has 16 aromatic rings. The number of para-hydroxylation sites is 4. The van der Waals surface area contributed by atoms with Gasteiger partial charge in [-0.2, -0.15) is 5.26 Å². The number of carbonyl (C=O) groups excluding carboxylic acids is 3. The first-order chi connectivity index (χ1) is 57.6. The number of likely N-dealkylation sites (tertiary alicyclic amines) is 1. The maximum Gasteiger partial charge on any atom is 0.319 e. The number of piperidine rings is 1. The van der Waals surface area contributed by atoms with Gasteiger partial charge in [-0.05, 0) is 160 Å². The summed E-state index contributed by atoms with van der Waals surface area (Å²) >= 11 is 9.90. The number of nitriles is 1. The summed E-state index contributed by atoms with van der Waals surface area (Å²) < 4.78 is 9.08. The largest absolute Gasteiger partial charge is 0.481 e. The molecule has 13 heterocycles. The number of nitrogens with zero attached hydrogens (tertiary/aromatic N) is 15. The number of nitrogens with one attached hydrogen (secondary N) is 4. The Balaban J connectivity index is 0.000000109. The topological polar surface area (TPSA) is 459 Å². The molecule has 4 saturated carbocycles. The second-order valence-corrected chi connectivity index (χ2v) is 33.3. The molecule has 0 atom stereocenters. The third kappa shape index (κ3) is 14.3. The van der Waals surface area contributed by atoms with Crippen LogP contribution in [0.15, 0.2) is 151 Å². The van der Waals surface area contributed by atoms with Crippen molar-refractivity contribution in [3.8, 4) is 51.6 Å². The van der Waals surface area contributed by atoms with Gasteiger partial charge in [0.15, 0.2) is 0 Å². The maximum atomic E-state index is 12.3. The number of urea groups is 1. The number of imidazole rings is 4. The molecule has 4 amide bonds. The molecule has 5 aliphatic rings. The predicted octanol–water partition coefficient (Wildman–Crippen LogP) is 15.0. The van der Waals surface area contributed by atoms with Gasteiger partial charge in [-0.3, -0.25) is 32.0 Å². The van der Waals surface area contributed by atoms with Crippen molar-refractivity contribution in [2.24, 2.45) is 29.2 Å². The third-order valence-electron chi connectivity index (χ3n) is 24.5. The van der Waals surface area contributed by atoms with E-state index >= 15 is 0 Å². The lowest BCUT2D eigenvalue weighted by Crippen LogP contribution is -2.43. The minimum Gasteiger partial charge on any atom is -0.481 e. The highest BCUT2D eigenvalue weighted by molar-refractivity contribution is 9.10. The molecular formula is C87H87BrClN25O5. The van der Waals surface area contributed by atoms with Crippen molar-refractivity contribution in [2.75, 3.05) is 50.1 Å². The monoisotopic (exact) mass is 1680 g/mol. The van der Waals surface area contributed by atoms with E-state index in [-0.39, 0.29) is 59.3 Å². The molecule has 604 valence electrons. The van der Waals surface area contributed by atoms with Crippen LogP contribution in [0.4, 0.5) is 28.1 Å². The van der Waals surface area contributed by atoms with Crippen LogP contribution < -0.4 is 34.4 Å². The van der Waals surface area contributed by atoms with Gasteiger partial charge in [0.05, 0.1) is 55.8 Å². The quantitative estimate of drug-likeness (QED) is 0.0541. The van der Waals surface area contributed by atoms with Gasteiger partial charge in [-0.1, -0.05) is 66.2 Å². The number of carboxylic acids is 1. The smallest absolute Gasteiger partial charge is 0.319 e. The Morgan fingerprint density at radius 3 is 1.24 bits per heavy atom. The number of benzene rings is 4. The first-order valence-corrected chi connectivity index (χ1v) is 41.3. The van der Waals surface area contributed by atoms with E-state index in [0.717, 1.165) is 175 Å². The summed E-state index contributed by atoms with van der Waals surface area (Å²) in [5.41, 5.74) is 51.5. The van der Waals surface area contributed by atoms with E-state index in [1.54, 1.807) is 49.8 Å². The fourth-order valence-corrected chi connectivity index (χ4v) is 18.8. The van der Waals surface area contributed by atoms with Crippen molar-refractivity contribution >= 4 is 140 Å². The number of carboxylic acid groups (broad SMARTS) is 1. The zero-order valence-electron chi connectivity index (χ0n) is 65.3. The number of aliphatic carboxylic acids is 1. The number of anilines is 4. The Hall–Kier alpha value is -13.3. The highest BCUT2D eigenvalue weighted by Gasteiger charge is 2.40. The minimum atomic E-state index is -0.751. The molecule has 0 spiro atoms. The molecule has 119 heavy (non-hydrogen) atoms. The van der Waals surface area contributed by atoms with Crippen LogP contribution in [0.1, 0.15) is 154 Å². The van der Waals surface area contributed by atoms with Gasteiger partial charge in [0.1, 0.15) is 97.5 Å². The van der Waals surface area contributed by atoms with Crippen LogP contribution in [-0.4, -0.2) is 143 Å². The number of nitrogens with two attached hydrogens (primary N) is 6. The van der Waals surface area contributed by atoms with Gasteiger partial charge in [0, 0.05) is 144 Å². The number of hydrogen-bond donors (Lipinski definition) is 11. The number of aromatic nitrogens is 16. The molecule has 12 aromatic heterocycles. The van der Waals surface area contributed by atoms with E-state index in [9.17, 15) is 29.5 Å². The van der Waals surface area contributed by atoms with Crippen molar-refractivity contribution in [1.29, 1.82) is 5.26 Å². The lowest BCUT2D eigenvalue weighted by molar-refractivity contribution is -0.145. The van der Waals surface area contributed by atoms with E-state index < -0.39 is 5.97 Å². The average Bonchev–Trinajstić information content (AvgIpc) is 1.57. The molecule has 4 aliphatic carbocycles. The molecule has 21 rings (SSSR count). The van der Waals surface area contributed by atoms with Gasteiger partial charge < -0.3 is 69.2 Å². The summed E-state index contributed by atoms with van der Waals surface area (Å²) in [6.45, 7) is 1.43. The molecule has 5 fully saturated rings. The van der Waals surface area contributed by atoms with Crippen molar-refractivity contribution in [1.82, 2.24) is 87.2 Å². The molecule has 1 saturated heterocycles. The highest BCUT2D eigenvalue weighted by atomic mass is 79.9. The van der Waals surface area contributed by atoms with Crippen molar-refractivity contribution < 1.29 is 24.3 Å². The Morgan fingerprint density at radius 1 is 0.471 bits per heavy atom. The number of aromatic amines is 4. The minimum absolute atomic E-state index is 0.0248. The van der Waals surface area contributed by atoms with Crippen molar-refractivity contribution in [2.45, 2.75) is 119 Å². The molecule has 0 unspecified atom stereocenters. The summed E-state index contributed by atoms with van der Waals surface area (Å²) in [6.07, 6.45) is 26.3. The number of nitrogen functional groups attached to an aromatic ring is 4. The van der Waals surface area contributed by atoms with E-state index in [1.165, 1.54) is 29.3 Å². The van der Waals surface area contributed by atoms with Crippen LogP contribution in [0.5, 0.6) is 0 Å². The van der Waals surface area contributed by atoms with Crippen LogP contribution in [-0.2, 0) is 14.4 Å². The van der Waals surface area contributed by atoms with Crippen LogP contribution >= 0.6 is 27.5 Å². The van der Waals surface area contributed by atoms with Gasteiger partial charge in [-0.25, -0.2) is 44.7 Å². The summed E-state index contributed by atoms with van der Waals surface area (Å²) in [7, 11) is 3.58. The Kier molecular flexibility index (Phi) is 20.2. The molecule has 0 bridgehead atoms. The number of rotatable bonds is 12. The molecule has 30 nitrogen and oxygen atoms in total. The first-order valence-electron chi connectivity index (χ1n) is 40.1. The number of H-pyrrole nitrogens is 4. The first kappa shape index (κ1) is 76.9. The van der Waals surface area contributed by atoms with Gasteiger partial charge >= 0.3 is 12.0 Å². The maximum absolute atomic E-state index is 12.3.